The van der Waals surface area contributed by atoms with Gasteiger partial charge in [-0.3, -0.25) is 4.90 Å². The van der Waals surface area contributed by atoms with Gasteiger partial charge >= 0.3 is 0 Å². The zero-order chi connectivity index (χ0) is 14.6. The zero-order valence-electron chi connectivity index (χ0n) is 11.3. The first kappa shape index (κ1) is 19.0. The molecule has 0 atom stereocenters. The van der Waals surface area contributed by atoms with Gasteiger partial charge in [-0.2, -0.15) is 0 Å². The van der Waals surface area contributed by atoms with Crippen molar-refractivity contribution in [2.75, 3.05) is 39.3 Å². The molecule has 0 aliphatic carbocycles. The summed E-state index contributed by atoms with van der Waals surface area (Å²) in [5.41, 5.74) is 0. The molecule has 1 heterocycles. The van der Waals surface area contributed by atoms with Crippen LogP contribution in [0.2, 0.25) is 10.0 Å². The zero-order valence-corrected chi connectivity index (χ0v) is 14.5. The molecule has 2 N–H and O–H groups in total. The topological polar surface area (TPSA) is 61.4 Å². The largest absolute Gasteiger partial charge is 0.314 e. The highest BCUT2D eigenvalue weighted by Crippen LogP contribution is 2.24. The van der Waals surface area contributed by atoms with E-state index in [1.165, 1.54) is 18.2 Å². The van der Waals surface area contributed by atoms with Crippen LogP contribution in [0, 0.1) is 0 Å². The minimum atomic E-state index is -3.59. The van der Waals surface area contributed by atoms with Crippen molar-refractivity contribution >= 4 is 45.6 Å². The third kappa shape index (κ3) is 5.56. The number of nitrogens with one attached hydrogen (secondary N) is 2. The molecule has 1 aliphatic rings. The van der Waals surface area contributed by atoms with E-state index in [1.54, 1.807) is 0 Å². The van der Waals surface area contributed by atoms with Crippen molar-refractivity contribution in [3.8, 4) is 0 Å². The number of hydrogen-bond acceptors (Lipinski definition) is 4. The molecule has 1 saturated heterocycles. The van der Waals surface area contributed by atoms with Crippen LogP contribution in [0.15, 0.2) is 23.1 Å². The summed E-state index contributed by atoms with van der Waals surface area (Å²) < 4.78 is 26.8. The number of piperazine rings is 1. The molecule has 0 saturated carbocycles. The monoisotopic (exact) mass is 373 g/mol. The lowest BCUT2D eigenvalue weighted by Crippen LogP contribution is -2.46. The molecule has 1 aromatic rings. The van der Waals surface area contributed by atoms with Crippen LogP contribution in [0.3, 0.4) is 0 Å². The van der Waals surface area contributed by atoms with Crippen molar-refractivity contribution in [2.24, 2.45) is 0 Å². The van der Waals surface area contributed by atoms with Gasteiger partial charge in [0.05, 0.1) is 5.02 Å². The molecule has 0 aromatic heterocycles. The predicted molar refractivity (Wildman–Crippen MR) is 88.2 cm³/mol. The Morgan fingerprint density at radius 2 is 1.90 bits per heavy atom. The van der Waals surface area contributed by atoms with Crippen molar-refractivity contribution in [3.63, 3.8) is 0 Å². The summed E-state index contributed by atoms with van der Waals surface area (Å²) in [6.07, 6.45) is 0. The van der Waals surface area contributed by atoms with Crippen LogP contribution in [0.25, 0.3) is 0 Å². The Labute approximate surface area is 141 Å². The Hall–Kier alpha value is -0.0800. The Kier molecular flexibility index (Phi) is 7.70. The van der Waals surface area contributed by atoms with Gasteiger partial charge in [-0.1, -0.05) is 23.2 Å². The first-order chi connectivity index (χ1) is 9.49. The van der Waals surface area contributed by atoms with Gasteiger partial charge in [0.2, 0.25) is 10.0 Å². The fourth-order valence-electron chi connectivity index (χ4n) is 2.04. The Morgan fingerprint density at radius 1 is 1.24 bits per heavy atom. The first-order valence-electron chi connectivity index (χ1n) is 6.37. The number of rotatable bonds is 5. The van der Waals surface area contributed by atoms with E-state index in [2.05, 4.69) is 14.9 Å². The molecule has 120 valence electrons. The summed E-state index contributed by atoms with van der Waals surface area (Å²) in [4.78, 5) is 2.27. The van der Waals surface area contributed by atoms with Gasteiger partial charge in [0.15, 0.2) is 0 Å². The van der Waals surface area contributed by atoms with E-state index in [-0.39, 0.29) is 22.3 Å². The highest BCUT2D eigenvalue weighted by atomic mass is 35.5. The number of hydrogen-bond donors (Lipinski definition) is 2. The maximum absolute atomic E-state index is 12.1. The van der Waals surface area contributed by atoms with E-state index in [4.69, 9.17) is 23.2 Å². The van der Waals surface area contributed by atoms with Gasteiger partial charge in [0.25, 0.3) is 0 Å². The third-order valence-corrected chi connectivity index (χ3v) is 5.29. The van der Waals surface area contributed by atoms with Crippen LogP contribution < -0.4 is 10.0 Å². The highest BCUT2D eigenvalue weighted by Gasteiger charge is 2.18. The summed E-state index contributed by atoms with van der Waals surface area (Å²) in [6, 6.07) is 4.35. The molecule has 0 amide bonds. The summed E-state index contributed by atoms with van der Waals surface area (Å²) in [6.45, 7) is 4.80. The van der Waals surface area contributed by atoms with Gasteiger partial charge in [0.1, 0.15) is 4.90 Å². The molecule has 0 spiro atoms. The first-order valence-corrected chi connectivity index (χ1v) is 8.61. The molecule has 1 fully saturated rings. The van der Waals surface area contributed by atoms with Crippen molar-refractivity contribution in [1.29, 1.82) is 0 Å². The summed E-state index contributed by atoms with van der Waals surface area (Å²) in [5, 5.41) is 3.79. The molecule has 1 aliphatic heterocycles. The molecular formula is C12H18Cl3N3O2S. The SMILES string of the molecule is Cl.O=S(=O)(NCCN1CCNCC1)c1ccc(Cl)cc1Cl. The van der Waals surface area contributed by atoms with Gasteiger partial charge in [-0.25, -0.2) is 13.1 Å². The lowest BCUT2D eigenvalue weighted by atomic mass is 10.3. The maximum atomic E-state index is 12.1. The summed E-state index contributed by atoms with van der Waals surface area (Å²) >= 11 is 11.7. The van der Waals surface area contributed by atoms with Crippen molar-refractivity contribution in [1.82, 2.24) is 14.9 Å². The molecule has 21 heavy (non-hydrogen) atoms. The summed E-state index contributed by atoms with van der Waals surface area (Å²) in [7, 11) is -3.59. The van der Waals surface area contributed by atoms with E-state index >= 15 is 0 Å². The molecule has 1 aromatic carbocycles. The minimum absolute atomic E-state index is 0. The van der Waals surface area contributed by atoms with Gasteiger partial charge in [0, 0.05) is 44.3 Å². The third-order valence-electron chi connectivity index (χ3n) is 3.11. The van der Waals surface area contributed by atoms with Crippen LogP contribution >= 0.6 is 35.6 Å². The van der Waals surface area contributed by atoms with E-state index in [9.17, 15) is 8.42 Å². The van der Waals surface area contributed by atoms with Crippen molar-refractivity contribution in [3.05, 3.63) is 28.2 Å². The maximum Gasteiger partial charge on any atom is 0.242 e. The molecule has 0 unspecified atom stereocenters. The van der Waals surface area contributed by atoms with Gasteiger partial charge < -0.3 is 5.32 Å². The number of sulfonamides is 1. The fraction of sp³-hybridized carbons (Fsp3) is 0.500. The lowest BCUT2D eigenvalue weighted by molar-refractivity contribution is 0.245. The van der Waals surface area contributed by atoms with Crippen molar-refractivity contribution in [2.45, 2.75) is 4.90 Å². The minimum Gasteiger partial charge on any atom is -0.314 e. The average Bonchev–Trinajstić information content (AvgIpc) is 2.39. The van der Waals surface area contributed by atoms with Gasteiger partial charge in [-0.05, 0) is 18.2 Å². The average molecular weight is 375 g/mol. The van der Waals surface area contributed by atoms with Crippen LogP contribution in [-0.4, -0.2) is 52.6 Å². The lowest BCUT2D eigenvalue weighted by Gasteiger charge is -2.27. The second-order valence-corrected chi connectivity index (χ2v) is 7.14. The number of benzene rings is 1. The molecule has 0 radical (unpaired) electrons. The Morgan fingerprint density at radius 3 is 2.52 bits per heavy atom. The van der Waals surface area contributed by atoms with Crippen LogP contribution in [0.4, 0.5) is 0 Å². The summed E-state index contributed by atoms with van der Waals surface area (Å²) in [5.74, 6) is 0. The van der Waals surface area contributed by atoms with Gasteiger partial charge in [-0.15, -0.1) is 12.4 Å². The van der Waals surface area contributed by atoms with Crippen LogP contribution in [-0.2, 0) is 10.0 Å². The quantitative estimate of drug-likeness (QED) is 0.822. The molecule has 2 rings (SSSR count). The Bertz CT molecular complexity index is 563. The highest BCUT2D eigenvalue weighted by molar-refractivity contribution is 7.89. The number of nitrogens with zero attached hydrogens (tertiary/aromatic N) is 1. The van der Waals surface area contributed by atoms with E-state index in [0.717, 1.165) is 26.2 Å². The normalized spacial score (nSPS) is 16.5. The molecule has 0 bridgehead atoms. The van der Waals surface area contributed by atoms with Crippen LogP contribution in [0.1, 0.15) is 0 Å². The fourth-order valence-corrected chi connectivity index (χ4v) is 3.84. The number of halogens is 3. The molecule has 9 heteroatoms. The smallest absolute Gasteiger partial charge is 0.242 e. The van der Waals surface area contributed by atoms with E-state index < -0.39 is 10.0 Å². The second-order valence-electron chi connectivity index (χ2n) is 4.56. The molecule has 5 nitrogen and oxygen atoms in total. The standard InChI is InChI=1S/C12H17Cl2N3O2S.ClH/c13-10-1-2-12(11(14)9-10)20(18,19)16-5-8-17-6-3-15-4-7-17;/h1-2,9,15-16H,3-8H2;1H. The van der Waals surface area contributed by atoms with Crippen molar-refractivity contribution < 1.29 is 8.42 Å². The van der Waals surface area contributed by atoms with E-state index in [1.807, 2.05) is 0 Å². The second kappa shape index (κ2) is 8.53. The molecular weight excluding hydrogens is 357 g/mol. The predicted octanol–water partition coefficient (Wildman–Crippen LogP) is 1.60. The van der Waals surface area contributed by atoms with E-state index in [0.29, 0.717) is 18.1 Å². The Balaban J connectivity index is 0.00000220. The van der Waals surface area contributed by atoms with Crippen LogP contribution in [0.5, 0.6) is 0 Å².